The second-order valence-corrected chi connectivity index (χ2v) is 17.1. The summed E-state index contributed by atoms with van der Waals surface area (Å²) in [5, 5.41) is 5.03. The first kappa shape index (κ1) is 48.7. The van der Waals surface area contributed by atoms with Gasteiger partial charge >= 0.3 is 24.7 Å². The molecule has 2 N–H and O–H groups in total. The summed E-state index contributed by atoms with van der Waals surface area (Å²) in [7, 11) is 0. The second kappa shape index (κ2) is 18.5. The highest BCUT2D eigenvalue weighted by molar-refractivity contribution is 6.30. The van der Waals surface area contributed by atoms with Gasteiger partial charge in [0.1, 0.15) is 21.9 Å². The number of pyridine rings is 2. The van der Waals surface area contributed by atoms with E-state index in [1.54, 1.807) is 13.8 Å². The van der Waals surface area contributed by atoms with E-state index < -0.39 is 99.6 Å². The molecule has 2 aromatic heterocycles. The van der Waals surface area contributed by atoms with Gasteiger partial charge in [-0.2, -0.15) is 52.7 Å². The topological polar surface area (TPSA) is 84.0 Å². The van der Waals surface area contributed by atoms with E-state index in [-0.39, 0.29) is 57.8 Å². The molecule has 8 rings (SSSR count). The summed E-state index contributed by atoms with van der Waals surface area (Å²) in [5.74, 6) is -2.98. The molecule has 70 heavy (non-hydrogen) atoms. The number of rotatable bonds is 8. The molecule has 4 aromatic carbocycles. The average Bonchev–Trinajstić information content (AvgIpc) is 4.19. The molecular formula is C48H32Cl2F14N4O2. The number of nitrogens with zero attached hydrogens (tertiary/aromatic N) is 2. The van der Waals surface area contributed by atoms with Crippen molar-refractivity contribution in [3.8, 4) is 22.3 Å². The van der Waals surface area contributed by atoms with Gasteiger partial charge in [-0.15, -0.1) is 0 Å². The summed E-state index contributed by atoms with van der Waals surface area (Å²) in [6, 6.07) is 12.2. The summed E-state index contributed by atoms with van der Waals surface area (Å²) in [6.45, 7) is 3.20. The molecule has 0 saturated heterocycles. The van der Waals surface area contributed by atoms with Crippen LogP contribution in [0.2, 0.25) is 10.3 Å². The van der Waals surface area contributed by atoms with Crippen molar-refractivity contribution in [1.29, 1.82) is 0 Å². The predicted octanol–water partition coefficient (Wildman–Crippen LogP) is 15.1. The quantitative estimate of drug-likeness (QED) is 0.118. The number of aryl methyl sites for hydroxylation is 2. The van der Waals surface area contributed by atoms with Crippen LogP contribution in [0.15, 0.2) is 97.3 Å². The third-order valence-corrected chi connectivity index (χ3v) is 11.9. The number of aromatic nitrogens is 2. The molecule has 2 fully saturated rings. The Morgan fingerprint density at radius 3 is 1.14 bits per heavy atom. The zero-order valence-corrected chi connectivity index (χ0v) is 37.1. The molecule has 6 aromatic rings. The van der Waals surface area contributed by atoms with Crippen LogP contribution < -0.4 is 10.6 Å². The van der Waals surface area contributed by atoms with E-state index in [9.17, 15) is 71.1 Å². The maximum Gasteiger partial charge on any atom is 0.416 e. The molecule has 2 amide bonds. The van der Waals surface area contributed by atoms with Crippen LogP contribution in [0.1, 0.15) is 72.9 Å². The van der Waals surface area contributed by atoms with Crippen LogP contribution in [-0.4, -0.2) is 21.8 Å². The molecule has 6 nitrogen and oxygen atoms in total. The zero-order chi connectivity index (χ0) is 53.3. The van der Waals surface area contributed by atoms with Gasteiger partial charge in [0.25, 0.3) is 0 Å². The van der Waals surface area contributed by atoms with Crippen LogP contribution in [0.25, 0.3) is 22.3 Å². The van der Waals surface area contributed by atoms with E-state index in [1.807, 2.05) is 0 Å². The molecule has 0 radical (unpaired) electrons. The SMILES string of the molecule is Cc1cc(F)ccc1-c1cc(Cl)ncc1NC(=O)C1(c2cc(C(F)(F)F)cc(C(F)(F)F)c2)CC1.[2H]C1([2H])CC1(C(=O)Nc1cnc(Cl)cc1-c1ccc(F)cc1C)c1cc(C(F)(F)F)cc(C(F)(F)F)c1. The fraction of sp³-hybridized carbons (Fsp3) is 0.250. The Bertz CT molecular complexity index is 3080. The van der Waals surface area contributed by atoms with Crippen LogP contribution in [0.3, 0.4) is 0 Å². The Kier molecular flexibility index (Phi) is 12.9. The zero-order valence-electron chi connectivity index (χ0n) is 37.6. The number of carbonyl (C=O) groups excluding carboxylic acids is 2. The number of alkyl halides is 12. The van der Waals surface area contributed by atoms with Crippen molar-refractivity contribution < 1.29 is 73.8 Å². The number of carbonyl (C=O) groups is 2. The van der Waals surface area contributed by atoms with Crippen molar-refractivity contribution in [2.24, 2.45) is 0 Å². The summed E-state index contributed by atoms with van der Waals surface area (Å²) in [4.78, 5) is 34.4. The maximum absolute atomic E-state index is 13.6. The normalized spacial score (nSPS) is 17.6. The van der Waals surface area contributed by atoms with Crippen molar-refractivity contribution in [2.75, 3.05) is 10.6 Å². The first-order valence-corrected chi connectivity index (χ1v) is 21.0. The molecule has 0 aliphatic heterocycles. The fourth-order valence-corrected chi connectivity index (χ4v) is 7.94. The molecule has 2 aliphatic carbocycles. The first-order chi connectivity index (χ1) is 33.2. The predicted molar refractivity (Wildman–Crippen MR) is 231 cm³/mol. The number of benzene rings is 4. The van der Waals surface area contributed by atoms with Crippen molar-refractivity contribution in [1.82, 2.24) is 9.97 Å². The van der Waals surface area contributed by atoms with Gasteiger partial charge in [-0.25, -0.2) is 18.7 Å². The summed E-state index contributed by atoms with van der Waals surface area (Å²) >= 11 is 12.0. The monoisotopic (exact) mass is 1030 g/mol. The van der Waals surface area contributed by atoms with E-state index in [1.165, 1.54) is 48.7 Å². The molecule has 368 valence electrons. The maximum atomic E-state index is 13.6. The Morgan fingerprint density at radius 2 is 0.843 bits per heavy atom. The van der Waals surface area contributed by atoms with Gasteiger partial charge in [0.15, 0.2) is 0 Å². The van der Waals surface area contributed by atoms with Crippen LogP contribution >= 0.6 is 23.2 Å². The smallest absolute Gasteiger partial charge is 0.323 e. The fourth-order valence-electron chi connectivity index (χ4n) is 7.62. The highest BCUT2D eigenvalue weighted by Gasteiger charge is 2.54. The largest absolute Gasteiger partial charge is 0.416 e. The van der Waals surface area contributed by atoms with E-state index in [4.69, 9.17) is 25.9 Å². The van der Waals surface area contributed by atoms with Crippen LogP contribution in [0, 0.1) is 25.5 Å². The van der Waals surface area contributed by atoms with E-state index in [0.717, 1.165) is 12.3 Å². The standard InChI is InChI=1S/2C24H16ClF7N2O/c2*1-12-6-16(26)2-3-17(12)18-10-20(25)33-11-19(18)34-21(35)22(4-5-22)13-7-14(23(27,28)29)9-15(8-13)24(30,31)32/h2*2-3,6-11H,4-5H2,1H3,(H,34,35)/i4D2;. The number of halogens is 16. The summed E-state index contributed by atoms with van der Waals surface area (Å²) in [6.07, 6.45) is -21.1. The molecule has 2 heterocycles. The van der Waals surface area contributed by atoms with Gasteiger partial charge in [0.2, 0.25) is 11.8 Å². The van der Waals surface area contributed by atoms with Gasteiger partial charge in [-0.1, -0.05) is 35.3 Å². The number of nitrogens with one attached hydrogen (secondary N) is 2. The van der Waals surface area contributed by atoms with Gasteiger partial charge in [0, 0.05) is 13.9 Å². The third kappa shape index (κ3) is 11.0. The minimum absolute atomic E-state index is 0.0131. The highest BCUT2D eigenvalue weighted by atomic mass is 35.5. The number of amides is 2. The first-order valence-electron chi connectivity index (χ1n) is 21.2. The Balaban J connectivity index is 0.000000212. The minimum Gasteiger partial charge on any atom is -0.323 e. The molecule has 2 saturated carbocycles. The number of hydrogen-bond acceptors (Lipinski definition) is 4. The minimum atomic E-state index is -5.18. The van der Waals surface area contributed by atoms with Crippen molar-refractivity contribution >= 4 is 46.4 Å². The second-order valence-electron chi connectivity index (χ2n) is 16.4. The summed E-state index contributed by atoms with van der Waals surface area (Å²) in [5.41, 5.74) is -8.82. The Labute approximate surface area is 400 Å². The van der Waals surface area contributed by atoms with Crippen LogP contribution in [0.4, 0.5) is 72.8 Å². The lowest BCUT2D eigenvalue weighted by Crippen LogP contribution is -2.29. The molecule has 0 spiro atoms. The Morgan fingerprint density at radius 1 is 0.514 bits per heavy atom. The summed E-state index contributed by atoms with van der Waals surface area (Å²) < 4.78 is 204. The lowest BCUT2D eigenvalue weighted by molar-refractivity contribution is -0.144. The molecule has 0 bridgehead atoms. The molecule has 1 atom stereocenters. The number of anilines is 2. The van der Waals surface area contributed by atoms with Gasteiger partial charge in [-0.3, -0.25) is 9.59 Å². The van der Waals surface area contributed by atoms with Crippen LogP contribution in [0.5, 0.6) is 0 Å². The van der Waals surface area contributed by atoms with Gasteiger partial charge < -0.3 is 10.6 Å². The molecular weight excluding hydrogens is 1000 g/mol. The van der Waals surface area contributed by atoms with Crippen molar-refractivity contribution in [3.05, 3.63) is 164 Å². The van der Waals surface area contributed by atoms with E-state index in [0.29, 0.717) is 52.1 Å². The van der Waals surface area contributed by atoms with Crippen LogP contribution in [-0.2, 0) is 45.1 Å². The molecule has 2 aliphatic rings. The van der Waals surface area contributed by atoms with Crippen molar-refractivity contribution in [2.45, 2.75) is 75.0 Å². The van der Waals surface area contributed by atoms with E-state index >= 15 is 0 Å². The highest BCUT2D eigenvalue weighted by Crippen LogP contribution is 2.53. The lowest BCUT2D eigenvalue weighted by Gasteiger charge is -2.21. The molecule has 1 unspecified atom stereocenters. The van der Waals surface area contributed by atoms with Crippen molar-refractivity contribution in [3.63, 3.8) is 0 Å². The average molecular weight is 1040 g/mol. The lowest BCUT2D eigenvalue weighted by atomic mass is 9.90. The number of hydrogen-bond donors (Lipinski definition) is 2. The third-order valence-electron chi connectivity index (χ3n) is 11.5. The van der Waals surface area contributed by atoms with Gasteiger partial charge in [-0.05, 0) is 146 Å². The van der Waals surface area contributed by atoms with Gasteiger partial charge in [0.05, 0.1) is 56.9 Å². The Hall–Kier alpha value is -6.28. The van der Waals surface area contributed by atoms with E-state index in [2.05, 4.69) is 20.6 Å². The molecule has 22 heteroatoms.